The second-order valence-electron chi connectivity index (χ2n) is 3.73. The predicted molar refractivity (Wildman–Crippen MR) is 72.8 cm³/mol. The van der Waals surface area contributed by atoms with Gasteiger partial charge in [0.05, 0.1) is 0 Å². The van der Waals surface area contributed by atoms with E-state index in [2.05, 4.69) is 15.4 Å². The molecule has 100 valence electrons. The number of ether oxygens (including phenoxy) is 1. The van der Waals surface area contributed by atoms with Crippen molar-refractivity contribution < 1.29 is 9.13 Å². The summed E-state index contributed by atoms with van der Waals surface area (Å²) in [5.74, 6) is 6.11. The van der Waals surface area contributed by atoms with Gasteiger partial charge in [-0.25, -0.2) is 15.2 Å². The Morgan fingerprint density at radius 3 is 2.79 bits per heavy atom. The van der Waals surface area contributed by atoms with Crippen molar-refractivity contribution in [1.29, 1.82) is 0 Å². The topological polar surface area (TPSA) is 73.1 Å². The Morgan fingerprint density at radius 2 is 2.11 bits per heavy atom. The molecule has 0 aliphatic carbocycles. The molecule has 1 aromatic carbocycles. The number of halogens is 1. The highest BCUT2D eigenvalue weighted by Crippen LogP contribution is 2.27. The van der Waals surface area contributed by atoms with Crippen molar-refractivity contribution in [3.05, 3.63) is 35.6 Å². The normalized spacial score (nSPS) is 10.3. The Hall–Kier alpha value is -1.86. The van der Waals surface area contributed by atoms with E-state index in [1.807, 2.05) is 13.2 Å². The first-order valence-corrected chi connectivity index (χ1v) is 6.68. The highest BCUT2D eigenvalue weighted by Gasteiger charge is 2.08. The van der Waals surface area contributed by atoms with Crippen molar-refractivity contribution >= 4 is 17.6 Å². The lowest BCUT2D eigenvalue weighted by atomic mass is 10.2. The molecule has 7 heteroatoms. The van der Waals surface area contributed by atoms with Gasteiger partial charge >= 0.3 is 0 Å². The first-order valence-electron chi connectivity index (χ1n) is 5.46. The summed E-state index contributed by atoms with van der Waals surface area (Å²) < 4.78 is 18.8. The van der Waals surface area contributed by atoms with Crippen LogP contribution in [0.2, 0.25) is 0 Å². The van der Waals surface area contributed by atoms with Crippen molar-refractivity contribution in [2.45, 2.75) is 12.1 Å². The van der Waals surface area contributed by atoms with Gasteiger partial charge < -0.3 is 10.2 Å². The van der Waals surface area contributed by atoms with Crippen LogP contribution in [0, 0.1) is 12.7 Å². The van der Waals surface area contributed by atoms with Crippen molar-refractivity contribution in [3.63, 3.8) is 0 Å². The summed E-state index contributed by atoms with van der Waals surface area (Å²) in [4.78, 5) is 8.29. The number of thioether (sulfide) groups is 1. The van der Waals surface area contributed by atoms with Gasteiger partial charge in [0.1, 0.15) is 17.4 Å². The maximum Gasteiger partial charge on any atom is 0.225 e. The standard InChI is InChI=1S/C12H13FN4OS/c1-7-3-4-8(13)5-9(7)18-11-6-10(17-14)15-12(16-11)19-2/h3-6H,14H2,1-2H3,(H,15,16,17). The fourth-order valence-corrected chi connectivity index (χ4v) is 1.79. The SMILES string of the molecule is CSc1nc(NN)cc(Oc2cc(F)ccc2C)n1. The Balaban J connectivity index is 2.34. The third-order valence-corrected chi connectivity index (χ3v) is 2.93. The molecule has 0 aliphatic rings. The third-order valence-electron chi connectivity index (χ3n) is 2.38. The maximum atomic E-state index is 13.2. The van der Waals surface area contributed by atoms with Crippen LogP contribution in [-0.4, -0.2) is 16.2 Å². The number of hydrogen-bond donors (Lipinski definition) is 2. The van der Waals surface area contributed by atoms with E-state index in [-0.39, 0.29) is 5.82 Å². The van der Waals surface area contributed by atoms with Gasteiger partial charge in [0.15, 0.2) is 5.16 Å². The number of nitrogens with two attached hydrogens (primary N) is 1. The van der Waals surface area contributed by atoms with E-state index in [1.54, 1.807) is 12.1 Å². The van der Waals surface area contributed by atoms with Gasteiger partial charge in [0.25, 0.3) is 0 Å². The molecule has 3 N–H and O–H groups in total. The number of benzene rings is 1. The Labute approximate surface area is 114 Å². The highest BCUT2D eigenvalue weighted by atomic mass is 32.2. The van der Waals surface area contributed by atoms with Crippen LogP contribution in [-0.2, 0) is 0 Å². The lowest BCUT2D eigenvalue weighted by molar-refractivity contribution is 0.448. The van der Waals surface area contributed by atoms with Gasteiger partial charge in [0.2, 0.25) is 5.88 Å². The molecule has 1 heterocycles. The Morgan fingerprint density at radius 1 is 1.32 bits per heavy atom. The largest absolute Gasteiger partial charge is 0.438 e. The van der Waals surface area contributed by atoms with Crippen molar-refractivity contribution in [2.75, 3.05) is 11.7 Å². The van der Waals surface area contributed by atoms with E-state index in [9.17, 15) is 4.39 Å². The van der Waals surface area contributed by atoms with Crippen molar-refractivity contribution in [1.82, 2.24) is 9.97 Å². The average Bonchev–Trinajstić information content (AvgIpc) is 2.42. The van der Waals surface area contributed by atoms with Crippen LogP contribution in [0.3, 0.4) is 0 Å². The molecular formula is C12H13FN4OS. The second kappa shape index (κ2) is 5.85. The minimum atomic E-state index is -0.364. The maximum absolute atomic E-state index is 13.2. The number of anilines is 1. The van der Waals surface area contributed by atoms with Crippen LogP contribution in [0.15, 0.2) is 29.4 Å². The summed E-state index contributed by atoms with van der Waals surface area (Å²) in [6.07, 6.45) is 1.84. The summed E-state index contributed by atoms with van der Waals surface area (Å²) in [7, 11) is 0. The fourth-order valence-electron chi connectivity index (χ4n) is 1.42. The van der Waals surface area contributed by atoms with E-state index in [0.717, 1.165) is 5.56 Å². The van der Waals surface area contributed by atoms with Crippen LogP contribution < -0.4 is 16.0 Å². The van der Waals surface area contributed by atoms with E-state index in [4.69, 9.17) is 10.6 Å². The van der Waals surface area contributed by atoms with E-state index in [1.165, 1.54) is 23.9 Å². The Kier molecular flexibility index (Phi) is 4.18. The molecule has 0 spiro atoms. The summed E-state index contributed by atoms with van der Waals surface area (Å²) in [6.45, 7) is 1.83. The summed E-state index contributed by atoms with van der Waals surface area (Å²) in [5, 5.41) is 0.513. The molecule has 0 fully saturated rings. The smallest absolute Gasteiger partial charge is 0.225 e. The number of rotatable bonds is 4. The molecule has 0 bridgehead atoms. The monoisotopic (exact) mass is 280 g/mol. The summed E-state index contributed by atoms with van der Waals surface area (Å²) in [6, 6.07) is 5.88. The number of aryl methyl sites for hydroxylation is 1. The van der Waals surface area contributed by atoms with Crippen LogP contribution >= 0.6 is 11.8 Å². The minimum Gasteiger partial charge on any atom is -0.438 e. The fraction of sp³-hybridized carbons (Fsp3) is 0.167. The second-order valence-corrected chi connectivity index (χ2v) is 4.51. The zero-order valence-corrected chi connectivity index (χ0v) is 11.3. The summed E-state index contributed by atoms with van der Waals surface area (Å²) in [5.41, 5.74) is 3.25. The zero-order valence-electron chi connectivity index (χ0n) is 10.5. The predicted octanol–water partition coefficient (Wildman–Crippen LogP) is 2.72. The van der Waals surface area contributed by atoms with Crippen LogP contribution in [0.1, 0.15) is 5.56 Å². The molecule has 0 radical (unpaired) electrons. The van der Waals surface area contributed by atoms with Crippen molar-refractivity contribution in [3.8, 4) is 11.6 Å². The van der Waals surface area contributed by atoms with E-state index >= 15 is 0 Å². The molecule has 5 nitrogen and oxygen atoms in total. The van der Waals surface area contributed by atoms with Gasteiger partial charge in [-0.2, -0.15) is 4.98 Å². The molecule has 0 saturated heterocycles. The van der Waals surface area contributed by atoms with Crippen LogP contribution in [0.25, 0.3) is 0 Å². The number of nitrogen functional groups attached to an aromatic ring is 1. The number of hydrogen-bond acceptors (Lipinski definition) is 6. The number of nitrogens with one attached hydrogen (secondary N) is 1. The Bertz CT molecular complexity index is 572. The molecule has 2 rings (SSSR count). The molecule has 0 saturated carbocycles. The summed E-state index contributed by atoms with van der Waals surface area (Å²) >= 11 is 1.36. The van der Waals surface area contributed by atoms with Gasteiger partial charge in [-0.3, -0.25) is 0 Å². The first kappa shape index (κ1) is 13.6. The highest BCUT2D eigenvalue weighted by molar-refractivity contribution is 7.98. The van der Waals surface area contributed by atoms with Crippen LogP contribution in [0.4, 0.5) is 10.2 Å². The molecular weight excluding hydrogens is 267 g/mol. The van der Waals surface area contributed by atoms with Gasteiger partial charge in [-0.05, 0) is 24.8 Å². The van der Waals surface area contributed by atoms with E-state index in [0.29, 0.717) is 22.6 Å². The quantitative estimate of drug-likeness (QED) is 0.388. The average molecular weight is 280 g/mol. The van der Waals surface area contributed by atoms with Crippen LogP contribution in [0.5, 0.6) is 11.6 Å². The van der Waals surface area contributed by atoms with E-state index < -0.39 is 0 Å². The number of hydrazine groups is 1. The molecule has 19 heavy (non-hydrogen) atoms. The molecule has 0 amide bonds. The molecule has 1 aromatic heterocycles. The third kappa shape index (κ3) is 3.33. The van der Waals surface area contributed by atoms with Gasteiger partial charge in [-0.1, -0.05) is 17.8 Å². The minimum absolute atomic E-state index is 0.306. The first-order chi connectivity index (χ1) is 9.12. The van der Waals surface area contributed by atoms with Gasteiger partial charge in [-0.15, -0.1) is 0 Å². The number of nitrogens with zero attached hydrogens (tertiary/aromatic N) is 2. The number of aromatic nitrogens is 2. The van der Waals surface area contributed by atoms with Crippen molar-refractivity contribution in [2.24, 2.45) is 5.84 Å². The molecule has 0 atom stereocenters. The molecule has 0 aliphatic heterocycles. The lowest BCUT2D eigenvalue weighted by Gasteiger charge is -2.09. The molecule has 2 aromatic rings. The zero-order chi connectivity index (χ0) is 13.8. The van der Waals surface area contributed by atoms with Gasteiger partial charge in [0, 0.05) is 12.1 Å². The lowest BCUT2D eigenvalue weighted by Crippen LogP contribution is -2.09. The molecule has 0 unspecified atom stereocenters.